The van der Waals surface area contributed by atoms with Crippen molar-refractivity contribution in [1.29, 1.82) is 0 Å². The maximum atomic E-state index is 10.7. The van der Waals surface area contributed by atoms with Gasteiger partial charge >= 0.3 is 0 Å². The largest absolute Gasteiger partial charge is 0.389 e. The smallest absolute Gasteiger partial charge is 0.0897 e. The Balaban J connectivity index is 1.84. The summed E-state index contributed by atoms with van der Waals surface area (Å²) in [5.41, 5.74) is 8.50. The van der Waals surface area contributed by atoms with Crippen LogP contribution in [0.15, 0.2) is 58.3 Å². The summed E-state index contributed by atoms with van der Waals surface area (Å²) < 4.78 is 0. The lowest BCUT2D eigenvalue weighted by Gasteiger charge is -2.44. The van der Waals surface area contributed by atoms with Crippen molar-refractivity contribution >= 4 is 23.1 Å². The van der Waals surface area contributed by atoms with Crippen LogP contribution in [-0.4, -0.2) is 23.3 Å². The number of hydrogen-bond acceptors (Lipinski definition) is 4. The van der Waals surface area contributed by atoms with Gasteiger partial charge in [0.05, 0.1) is 23.5 Å². The second-order valence-corrected chi connectivity index (χ2v) is 7.14. The zero-order chi connectivity index (χ0) is 15.1. The number of anilines is 2. The maximum Gasteiger partial charge on any atom is 0.0897 e. The molecule has 1 fully saturated rings. The van der Waals surface area contributed by atoms with Gasteiger partial charge in [0.25, 0.3) is 0 Å². The van der Waals surface area contributed by atoms with Crippen LogP contribution in [0.25, 0.3) is 0 Å². The fraction of sp³-hybridized carbons (Fsp3) is 0.333. The summed E-state index contributed by atoms with van der Waals surface area (Å²) in [6.07, 6.45) is 2.46. The number of rotatable bonds is 1. The second kappa shape index (κ2) is 5.61. The van der Waals surface area contributed by atoms with E-state index < -0.39 is 6.10 Å². The molecule has 1 unspecified atom stereocenters. The van der Waals surface area contributed by atoms with E-state index in [1.807, 2.05) is 0 Å². The molecule has 0 bridgehead atoms. The Bertz CT molecular complexity index is 645. The SMILES string of the molecule is N[C@@H]1CCCC(N2c3ccccc3Sc3ccccc32)[C@H]1O. The predicted molar refractivity (Wildman–Crippen MR) is 90.8 cm³/mol. The molecule has 1 aliphatic heterocycles. The normalized spacial score (nSPS) is 27.2. The maximum absolute atomic E-state index is 10.7. The van der Waals surface area contributed by atoms with Crippen molar-refractivity contribution in [3.05, 3.63) is 48.5 Å². The van der Waals surface area contributed by atoms with E-state index in [0.717, 1.165) is 19.3 Å². The average molecular weight is 312 g/mol. The number of nitrogens with two attached hydrogens (primary N) is 1. The van der Waals surface area contributed by atoms with Crippen molar-refractivity contribution in [3.8, 4) is 0 Å². The molecule has 1 aliphatic carbocycles. The summed E-state index contributed by atoms with van der Waals surface area (Å²) in [5.74, 6) is 0. The molecular weight excluding hydrogens is 292 g/mol. The van der Waals surface area contributed by atoms with E-state index in [1.54, 1.807) is 11.8 Å². The van der Waals surface area contributed by atoms with Crippen LogP contribution in [0.1, 0.15) is 19.3 Å². The summed E-state index contributed by atoms with van der Waals surface area (Å²) in [6.45, 7) is 0. The van der Waals surface area contributed by atoms with Crippen LogP contribution in [0.5, 0.6) is 0 Å². The highest BCUT2D eigenvalue weighted by molar-refractivity contribution is 7.99. The third-order valence-electron chi connectivity index (χ3n) is 4.67. The second-order valence-electron chi connectivity index (χ2n) is 6.06. The molecule has 0 amide bonds. The Hall–Kier alpha value is -1.49. The lowest BCUT2D eigenvalue weighted by molar-refractivity contribution is 0.0875. The fourth-order valence-corrected chi connectivity index (χ4v) is 4.63. The summed E-state index contributed by atoms with van der Waals surface area (Å²) in [4.78, 5) is 4.80. The van der Waals surface area contributed by atoms with Crippen LogP contribution < -0.4 is 10.6 Å². The van der Waals surface area contributed by atoms with E-state index in [0.29, 0.717) is 0 Å². The molecule has 22 heavy (non-hydrogen) atoms. The molecule has 4 rings (SSSR count). The molecule has 0 spiro atoms. The lowest BCUT2D eigenvalue weighted by atomic mass is 9.87. The van der Waals surface area contributed by atoms with Gasteiger partial charge in [-0.05, 0) is 43.5 Å². The standard InChI is InChI=1S/C18H20N2OS/c19-12-6-5-9-15(18(12)21)20-13-7-1-3-10-16(13)22-17-11-4-2-8-14(17)20/h1-4,7-8,10-12,15,18,21H,5-6,9,19H2/t12-,15?,18+/m1/s1. The van der Waals surface area contributed by atoms with Crippen LogP contribution in [0.2, 0.25) is 0 Å². The topological polar surface area (TPSA) is 49.5 Å². The monoisotopic (exact) mass is 312 g/mol. The number of para-hydroxylation sites is 2. The summed E-state index contributed by atoms with van der Waals surface area (Å²) in [6, 6.07) is 16.8. The first-order valence-electron chi connectivity index (χ1n) is 7.84. The molecule has 1 heterocycles. The van der Waals surface area contributed by atoms with Gasteiger partial charge in [0, 0.05) is 15.8 Å². The Morgan fingerprint density at radius 2 is 1.55 bits per heavy atom. The Kier molecular flexibility index (Phi) is 3.60. The lowest BCUT2D eigenvalue weighted by Crippen LogP contribution is -2.53. The zero-order valence-corrected chi connectivity index (χ0v) is 13.2. The van der Waals surface area contributed by atoms with Gasteiger partial charge in [-0.3, -0.25) is 0 Å². The van der Waals surface area contributed by atoms with Crippen molar-refractivity contribution in [2.75, 3.05) is 4.90 Å². The first-order chi connectivity index (χ1) is 10.8. The fourth-order valence-electron chi connectivity index (χ4n) is 3.56. The molecule has 0 saturated heterocycles. The number of benzene rings is 2. The number of aliphatic hydroxyl groups excluding tert-OH is 1. The first-order valence-corrected chi connectivity index (χ1v) is 8.66. The molecular formula is C18H20N2OS. The molecule has 2 aromatic rings. The first kappa shape index (κ1) is 14.1. The summed E-state index contributed by atoms with van der Waals surface area (Å²) in [7, 11) is 0. The van der Waals surface area contributed by atoms with Crippen LogP contribution in [0, 0.1) is 0 Å². The van der Waals surface area contributed by atoms with E-state index in [2.05, 4.69) is 53.4 Å². The predicted octanol–water partition coefficient (Wildman–Crippen LogP) is 3.53. The third-order valence-corrected chi connectivity index (χ3v) is 5.80. The summed E-state index contributed by atoms with van der Waals surface area (Å²) >= 11 is 1.80. The number of fused-ring (bicyclic) bond motifs is 2. The number of nitrogens with zero attached hydrogens (tertiary/aromatic N) is 1. The molecule has 114 valence electrons. The number of hydrogen-bond donors (Lipinski definition) is 2. The van der Waals surface area contributed by atoms with Gasteiger partial charge in [-0.1, -0.05) is 36.0 Å². The van der Waals surface area contributed by atoms with Crippen LogP contribution in [0.3, 0.4) is 0 Å². The highest BCUT2D eigenvalue weighted by Crippen LogP contribution is 2.50. The van der Waals surface area contributed by atoms with E-state index in [9.17, 15) is 5.11 Å². The zero-order valence-electron chi connectivity index (χ0n) is 12.4. The van der Waals surface area contributed by atoms with Crippen molar-refractivity contribution in [2.24, 2.45) is 5.73 Å². The Morgan fingerprint density at radius 1 is 0.955 bits per heavy atom. The minimum atomic E-state index is -0.488. The van der Waals surface area contributed by atoms with E-state index in [-0.39, 0.29) is 12.1 Å². The van der Waals surface area contributed by atoms with Gasteiger partial charge in [0.1, 0.15) is 0 Å². The van der Waals surface area contributed by atoms with E-state index >= 15 is 0 Å². The van der Waals surface area contributed by atoms with Crippen molar-refractivity contribution in [2.45, 2.75) is 47.2 Å². The van der Waals surface area contributed by atoms with Gasteiger partial charge in [-0.2, -0.15) is 0 Å². The molecule has 3 nitrogen and oxygen atoms in total. The van der Waals surface area contributed by atoms with Gasteiger partial charge < -0.3 is 15.7 Å². The van der Waals surface area contributed by atoms with E-state index in [1.165, 1.54) is 21.2 Å². The molecule has 3 atom stereocenters. The molecule has 3 N–H and O–H groups in total. The number of aliphatic hydroxyl groups is 1. The van der Waals surface area contributed by atoms with Crippen molar-refractivity contribution in [1.82, 2.24) is 0 Å². The highest BCUT2D eigenvalue weighted by atomic mass is 32.2. The van der Waals surface area contributed by atoms with Crippen molar-refractivity contribution in [3.63, 3.8) is 0 Å². The highest BCUT2D eigenvalue weighted by Gasteiger charge is 2.37. The summed E-state index contributed by atoms with van der Waals surface area (Å²) in [5, 5.41) is 10.7. The molecule has 0 aromatic heterocycles. The van der Waals surface area contributed by atoms with Crippen LogP contribution in [-0.2, 0) is 0 Å². The Labute approximate surface area is 135 Å². The quantitative estimate of drug-likeness (QED) is 0.846. The Morgan fingerprint density at radius 3 is 2.18 bits per heavy atom. The van der Waals surface area contributed by atoms with Crippen LogP contribution in [0.4, 0.5) is 11.4 Å². The van der Waals surface area contributed by atoms with Crippen molar-refractivity contribution < 1.29 is 5.11 Å². The minimum Gasteiger partial charge on any atom is -0.389 e. The molecule has 2 aliphatic rings. The van der Waals surface area contributed by atoms with Gasteiger partial charge in [0.15, 0.2) is 0 Å². The third kappa shape index (κ3) is 2.22. The average Bonchev–Trinajstić information content (AvgIpc) is 2.55. The van der Waals surface area contributed by atoms with Gasteiger partial charge in [0.2, 0.25) is 0 Å². The van der Waals surface area contributed by atoms with Gasteiger partial charge in [-0.25, -0.2) is 0 Å². The van der Waals surface area contributed by atoms with E-state index in [4.69, 9.17) is 5.73 Å². The molecule has 0 radical (unpaired) electrons. The van der Waals surface area contributed by atoms with Gasteiger partial charge in [-0.15, -0.1) is 0 Å². The van der Waals surface area contributed by atoms with Crippen LogP contribution >= 0.6 is 11.8 Å². The molecule has 1 saturated carbocycles. The molecule has 2 aromatic carbocycles. The molecule has 4 heteroatoms. The minimum absolute atomic E-state index is 0.0481.